The maximum absolute atomic E-state index is 11.8. The predicted octanol–water partition coefficient (Wildman–Crippen LogP) is -1.26. The first-order chi connectivity index (χ1) is 7.15. The van der Waals surface area contributed by atoms with Gasteiger partial charge in [-0.15, -0.1) is 0 Å². The highest BCUT2D eigenvalue weighted by Gasteiger charge is 2.22. The van der Waals surface area contributed by atoms with E-state index in [2.05, 4.69) is 16.0 Å². The Morgan fingerprint density at radius 1 is 1.33 bits per heavy atom. The van der Waals surface area contributed by atoms with Crippen molar-refractivity contribution in [2.45, 2.75) is 13.0 Å². The second kappa shape index (κ2) is 5.55. The van der Waals surface area contributed by atoms with Gasteiger partial charge >= 0.3 is 6.03 Å². The number of piperazine rings is 1. The normalized spacial score (nSPS) is 18.1. The van der Waals surface area contributed by atoms with Crippen molar-refractivity contribution < 1.29 is 9.59 Å². The van der Waals surface area contributed by atoms with E-state index in [0.717, 1.165) is 13.1 Å². The maximum Gasteiger partial charge on any atom is 0.315 e. The summed E-state index contributed by atoms with van der Waals surface area (Å²) in [5.41, 5.74) is 0. The number of amides is 3. The summed E-state index contributed by atoms with van der Waals surface area (Å²) in [5, 5.41) is 8.15. The molecule has 0 spiro atoms. The van der Waals surface area contributed by atoms with Crippen molar-refractivity contribution in [3.8, 4) is 0 Å². The molecule has 0 aliphatic carbocycles. The minimum absolute atomic E-state index is 0.0277. The van der Waals surface area contributed by atoms with Gasteiger partial charge in [-0.3, -0.25) is 4.79 Å². The summed E-state index contributed by atoms with van der Waals surface area (Å²) in [6.07, 6.45) is 0. The molecule has 3 amide bonds. The molecular formula is C9H18N4O2. The van der Waals surface area contributed by atoms with E-state index >= 15 is 0 Å². The second-order valence-electron chi connectivity index (χ2n) is 3.52. The van der Waals surface area contributed by atoms with E-state index < -0.39 is 6.04 Å². The van der Waals surface area contributed by atoms with Crippen molar-refractivity contribution in [2.24, 2.45) is 0 Å². The molecular weight excluding hydrogens is 196 g/mol. The second-order valence-corrected chi connectivity index (χ2v) is 3.52. The van der Waals surface area contributed by atoms with Gasteiger partial charge in [0.2, 0.25) is 5.91 Å². The first kappa shape index (κ1) is 11.8. The molecule has 6 nitrogen and oxygen atoms in total. The van der Waals surface area contributed by atoms with Crippen LogP contribution in [-0.4, -0.2) is 56.1 Å². The zero-order valence-corrected chi connectivity index (χ0v) is 9.17. The Kier molecular flexibility index (Phi) is 4.36. The molecule has 0 saturated carbocycles. The van der Waals surface area contributed by atoms with E-state index in [-0.39, 0.29) is 11.9 Å². The Morgan fingerprint density at radius 2 is 1.93 bits per heavy atom. The van der Waals surface area contributed by atoms with Crippen LogP contribution in [0.4, 0.5) is 4.79 Å². The molecule has 1 aliphatic heterocycles. The highest BCUT2D eigenvalue weighted by Crippen LogP contribution is 1.97. The minimum Gasteiger partial charge on any atom is -0.341 e. The van der Waals surface area contributed by atoms with Crippen molar-refractivity contribution >= 4 is 11.9 Å². The lowest BCUT2D eigenvalue weighted by atomic mass is 10.2. The number of nitrogens with one attached hydrogen (secondary N) is 3. The molecule has 1 saturated heterocycles. The number of carbonyl (C=O) groups is 2. The molecule has 6 heteroatoms. The molecule has 86 valence electrons. The number of rotatable bonds is 2. The van der Waals surface area contributed by atoms with E-state index in [9.17, 15) is 9.59 Å². The molecule has 0 aromatic carbocycles. The summed E-state index contributed by atoms with van der Waals surface area (Å²) in [6.45, 7) is 4.74. The number of carbonyl (C=O) groups excluding carboxylic acids is 2. The van der Waals surface area contributed by atoms with Crippen molar-refractivity contribution in [3.63, 3.8) is 0 Å². The highest BCUT2D eigenvalue weighted by molar-refractivity contribution is 5.86. The average Bonchev–Trinajstić information content (AvgIpc) is 2.29. The first-order valence-electron chi connectivity index (χ1n) is 5.13. The summed E-state index contributed by atoms with van der Waals surface area (Å²) in [4.78, 5) is 24.6. The van der Waals surface area contributed by atoms with Crippen LogP contribution in [0.25, 0.3) is 0 Å². The van der Waals surface area contributed by atoms with E-state index in [1.807, 2.05) is 0 Å². The molecule has 1 aliphatic rings. The third-order valence-electron chi connectivity index (χ3n) is 2.37. The van der Waals surface area contributed by atoms with Crippen LogP contribution in [0.1, 0.15) is 6.92 Å². The Balaban J connectivity index is 2.40. The molecule has 15 heavy (non-hydrogen) atoms. The van der Waals surface area contributed by atoms with Gasteiger partial charge in [-0.2, -0.15) is 0 Å². The summed E-state index contributed by atoms with van der Waals surface area (Å²) in [6, 6.07) is -0.797. The van der Waals surface area contributed by atoms with E-state index in [4.69, 9.17) is 0 Å². The van der Waals surface area contributed by atoms with E-state index in [1.54, 1.807) is 11.8 Å². The number of hydrogen-bond acceptors (Lipinski definition) is 3. The van der Waals surface area contributed by atoms with Crippen molar-refractivity contribution in [3.05, 3.63) is 0 Å². The SMILES string of the molecule is CNC(=O)NC(C)C(=O)N1CCNCC1. The summed E-state index contributed by atoms with van der Waals surface area (Å²) < 4.78 is 0. The Labute approximate surface area is 89.4 Å². The first-order valence-corrected chi connectivity index (χ1v) is 5.13. The van der Waals surface area contributed by atoms with Gasteiger partial charge in [-0.05, 0) is 6.92 Å². The third-order valence-corrected chi connectivity index (χ3v) is 2.37. The lowest BCUT2D eigenvalue weighted by Crippen LogP contribution is -2.54. The lowest BCUT2D eigenvalue weighted by Gasteiger charge is -2.29. The molecule has 0 radical (unpaired) electrons. The zero-order valence-electron chi connectivity index (χ0n) is 9.17. The van der Waals surface area contributed by atoms with Crippen LogP contribution in [0, 0.1) is 0 Å². The van der Waals surface area contributed by atoms with Gasteiger partial charge in [0.05, 0.1) is 0 Å². The number of urea groups is 1. The largest absolute Gasteiger partial charge is 0.341 e. The molecule has 0 aromatic rings. The Bertz CT molecular complexity index is 238. The summed E-state index contributed by atoms with van der Waals surface area (Å²) in [7, 11) is 1.53. The minimum atomic E-state index is -0.469. The predicted molar refractivity (Wildman–Crippen MR) is 56.5 cm³/mol. The lowest BCUT2D eigenvalue weighted by molar-refractivity contribution is -0.133. The molecule has 3 N–H and O–H groups in total. The van der Waals surface area contributed by atoms with E-state index in [0.29, 0.717) is 13.1 Å². The standard InChI is InChI=1S/C9H18N4O2/c1-7(12-9(15)10-2)8(14)13-5-3-11-4-6-13/h7,11H,3-6H2,1-2H3,(H2,10,12,15). The molecule has 1 fully saturated rings. The van der Waals surface area contributed by atoms with Gasteiger partial charge in [-0.25, -0.2) is 4.79 Å². The molecule has 0 aromatic heterocycles. The fraction of sp³-hybridized carbons (Fsp3) is 0.778. The summed E-state index contributed by atoms with van der Waals surface area (Å²) in [5.74, 6) is -0.0277. The molecule has 0 bridgehead atoms. The van der Waals surface area contributed by atoms with Crippen LogP contribution in [0.2, 0.25) is 0 Å². The Morgan fingerprint density at radius 3 is 2.47 bits per heavy atom. The van der Waals surface area contributed by atoms with Gasteiger partial charge in [0.1, 0.15) is 6.04 Å². The van der Waals surface area contributed by atoms with Gasteiger partial charge in [0.15, 0.2) is 0 Å². The molecule has 1 rings (SSSR count). The number of hydrogen-bond donors (Lipinski definition) is 3. The van der Waals surface area contributed by atoms with Crippen LogP contribution >= 0.6 is 0 Å². The molecule has 1 heterocycles. The average molecular weight is 214 g/mol. The molecule has 1 atom stereocenters. The van der Waals surface area contributed by atoms with Crippen LogP contribution in [0.15, 0.2) is 0 Å². The smallest absolute Gasteiger partial charge is 0.315 e. The van der Waals surface area contributed by atoms with E-state index in [1.165, 1.54) is 7.05 Å². The van der Waals surface area contributed by atoms with Crippen LogP contribution in [-0.2, 0) is 4.79 Å². The Hall–Kier alpha value is -1.30. The van der Waals surface area contributed by atoms with Crippen LogP contribution in [0.5, 0.6) is 0 Å². The van der Waals surface area contributed by atoms with Crippen molar-refractivity contribution in [1.82, 2.24) is 20.9 Å². The fourth-order valence-electron chi connectivity index (χ4n) is 1.49. The van der Waals surface area contributed by atoms with Crippen LogP contribution in [0.3, 0.4) is 0 Å². The van der Waals surface area contributed by atoms with Gasteiger partial charge in [-0.1, -0.05) is 0 Å². The van der Waals surface area contributed by atoms with Gasteiger partial charge in [0.25, 0.3) is 0 Å². The third kappa shape index (κ3) is 3.39. The van der Waals surface area contributed by atoms with Crippen molar-refractivity contribution in [1.29, 1.82) is 0 Å². The molecule has 1 unspecified atom stereocenters. The highest BCUT2D eigenvalue weighted by atomic mass is 16.2. The number of nitrogens with zero attached hydrogens (tertiary/aromatic N) is 1. The van der Waals surface area contributed by atoms with Gasteiger partial charge < -0.3 is 20.9 Å². The monoisotopic (exact) mass is 214 g/mol. The van der Waals surface area contributed by atoms with Crippen LogP contribution < -0.4 is 16.0 Å². The zero-order chi connectivity index (χ0) is 11.3. The fourth-order valence-corrected chi connectivity index (χ4v) is 1.49. The maximum atomic E-state index is 11.8. The van der Waals surface area contributed by atoms with Gasteiger partial charge in [0, 0.05) is 33.2 Å². The quantitative estimate of drug-likeness (QED) is 0.537. The summed E-state index contributed by atoms with van der Waals surface area (Å²) >= 11 is 0. The topological polar surface area (TPSA) is 73.5 Å². The van der Waals surface area contributed by atoms with Crippen molar-refractivity contribution in [2.75, 3.05) is 33.2 Å².